The predicted octanol–water partition coefficient (Wildman–Crippen LogP) is 1.62. The van der Waals surface area contributed by atoms with Crippen LogP contribution in [0.2, 0.25) is 0 Å². The molecular formula is C20H48HfO8. The van der Waals surface area contributed by atoms with E-state index in [1.807, 2.05) is 0 Å². The second kappa shape index (κ2) is 51.3. The molecule has 0 aliphatic rings. The smallest absolute Gasteiger partial charge is 0.0463 e. The van der Waals surface area contributed by atoms with Gasteiger partial charge in [-0.05, 0) is 51.4 Å². The van der Waals surface area contributed by atoms with E-state index in [0.717, 1.165) is 77.8 Å². The summed E-state index contributed by atoms with van der Waals surface area (Å²) in [5.41, 5.74) is 0. The van der Waals surface area contributed by atoms with E-state index in [0.29, 0.717) is 0 Å². The molecule has 0 saturated carbocycles. The molecule has 0 aliphatic carbocycles. The van der Waals surface area contributed by atoms with Crippen molar-refractivity contribution in [1.82, 2.24) is 0 Å². The van der Waals surface area contributed by atoms with Crippen LogP contribution in [0.4, 0.5) is 0 Å². The summed E-state index contributed by atoms with van der Waals surface area (Å²) in [6, 6.07) is 0. The summed E-state index contributed by atoms with van der Waals surface area (Å²) in [7, 11) is 6.66. The number of methoxy groups -OCH3 is 4. The second-order valence-electron chi connectivity index (χ2n) is 5.69. The van der Waals surface area contributed by atoms with Crippen LogP contribution in [0.3, 0.4) is 0 Å². The maximum atomic E-state index is 8.24. The zero-order valence-corrected chi connectivity index (χ0v) is 22.8. The topological polar surface area (TPSA) is 118 Å². The normalized spacial score (nSPS) is 9.10. The molecule has 0 aliphatic heterocycles. The number of unbranched alkanes of at least 4 members (excludes halogenated alkanes) is 4. The van der Waals surface area contributed by atoms with Crippen LogP contribution in [0, 0.1) is 0 Å². The minimum atomic E-state index is 0. The molecule has 0 unspecified atom stereocenters. The van der Waals surface area contributed by atoms with E-state index in [2.05, 4.69) is 0 Å². The van der Waals surface area contributed by atoms with Gasteiger partial charge < -0.3 is 39.4 Å². The number of hydrogen-bond acceptors (Lipinski definition) is 8. The Morgan fingerprint density at radius 1 is 0.379 bits per heavy atom. The van der Waals surface area contributed by atoms with Crippen molar-refractivity contribution in [2.75, 3.05) is 81.3 Å². The average molecular weight is 595 g/mol. The van der Waals surface area contributed by atoms with Crippen LogP contribution in [0.5, 0.6) is 0 Å². The average Bonchev–Trinajstić information content (AvgIpc) is 2.71. The standard InChI is InChI=1S/4C5H12O2.Hf/c4*1-7-5-3-2-4-6;/h4*6H,2-5H2,1H3;. The van der Waals surface area contributed by atoms with Gasteiger partial charge in [0.15, 0.2) is 0 Å². The van der Waals surface area contributed by atoms with Crippen LogP contribution in [0.1, 0.15) is 51.4 Å². The van der Waals surface area contributed by atoms with Gasteiger partial charge in [-0.25, -0.2) is 0 Å². The van der Waals surface area contributed by atoms with Gasteiger partial charge in [-0.15, -0.1) is 0 Å². The fourth-order valence-electron chi connectivity index (χ4n) is 1.43. The summed E-state index contributed by atoms with van der Waals surface area (Å²) in [4.78, 5) is 0. The molecule has 8 nitrogen and oxygen atoms in total. The third-order valence-corrected chi connectivity index (χ3v) is 3.03. The first-order chi connectivity index (χ1) is 13.7. The van der Waals surface area contributed by atoms with E-state index < -0.39 is 0 Å². The van der Waals surface area contributed by atoms with Gasteiger partial charge in [0, 0.05) is 107 Å². The fraction of sp³-hybridized carbons (Fsp3) is 1.00. The van der Waals surface area contributed by atoms with Crippen molar-refractivity contribution in [1.29, 1.82) is 0 Å². The maximum Gasteiger partial charge on any atom is 0.0463 e. The first-order valence-electron chi connectivity index (χ1n) is 10.1. The summed E-state index contributed by atoms with van der Waals surface area (Å²) >= 11 is 0. The van der Waals surface area contributed by atoms with Crippen LogP contribution in [0.15, 0.2) is 0 Å². The summed E-state index contributed by atoms with van der Waals surface area (Å²) in [6.45, 7) is 4.18. The third-order valence-electron chi connectivity index (χ3n) is 3.03. The largest absolute Gasteiger partial charge is 0.396 e. The molecule has 0 fully saturated rings. The molecule has 0 radical (unpaired) electrons. The van der Waals surface area contributed by atoms with Crippen molar-refractivity contribution in [2.24, 2.45) is 0 Å². The monoisotopic (exact) mass is 596 g/mol. The molecule has 0 bridgehead atoms. The van der Waals surface area contributed by atoms with Crippen molar-refractivity contribution in [3.8, 4) is 0 Å². The van der Waals surface area contributed by atoms with Gasteiger partial charge in [0.1, 0.15) is 0 Å². The summed E-state index contributed by atoms with van der Waals surface area (Å²) in [5.74, 6) is 0. The Hall–Kier alpha value is 0.550. The second-order valence-corrected chi connectivity index (χ2v) is 5.69. The van der Waals surface area contributed by atoms with Crippen molar-refractivity contribution >= 4 is 0 Å². The van der Waals surface area contributed by atoms with Crippen molar-refractivity contribution in [2.45, 2.75) is 51.4 Å². The zero-order valence-electron chi connectivity index (χ0n) is 19.2. The molecule has 0 spiro atoms. The van der Waals surface area contributed by atoms with Crippen LogP contribution >= 0.6 is 0 Å². The van der Waals surface area contributed by atoms with Gasteiger partial charge in [0.25, 0.3) is 0 Å². The number of aliphatic hydroxyl groups excluding tert-OH is 4. The Bertz CT molecular complexity index is 147. The van der Waals surface area contributed by atoms with Gasteiger partial charge in [-0.1, -0.05) is 0 Å². The number of ether oxygens (including phenoxy) is 4. The Kier molecular flexibility index (Phi) is 70.7. The number of aliphatic hydroxyl groups is 4. The first-order valence-corrected chi connectivity index (χ1v) is 10.1. The van der Waals surface area contributed by atoms with Crippen molar-refractivity contribution in [3.63, 3.8) is 0 Å². The predicted molar refractivity (Wildman–Crippen MR) is 113 cm³/mol. The van der Waals surface area contributed by atoms with Crippen LogP contribution in [0.25, 0.3) is 0 Å². The number of rotatable bonds is 16. The molecule has 29 heavy (non-hydrogen) atoms. The molecule has 0 aromatic carbocycles. The van der Waals surface area contributed by atoms with Gasteiger partial charge in [-0.3, -0.25) is 0 Å². The Labute approximate surface area is 197 Å². The van der Waals surface area contributed by atoms with Crippen LogP contribution < -0.4 is 0 Å². The van der Waals surface area contributed by atoms with Crippen LogP contribution in [-0.4, -0.2) is 102 Å². The van der Waals surface area contributed by atoms with E-state index in [1.165, 1.54) is 0 Å². The molecule has 0 heterocycles. The maximum absolute atomic E-state index is 8.24. The summed E-state index contributed by atoms with van der Waals surface area (Å²) < 4.78 is 18.9. The van der Waals surface area contributed by atoms with Crippen LogP contribution in [-0.2, 0) is 44.8 Å². The Balaban J connectivity index is -0.0000000873. The molecule has 0 rings (SSSR count). The van der Waals surface area contributed by atoms with E-state index in [4.69, 9.17) is 39.4 Å². The molecule has 0 aromatic rings. The Morgan fingerprint density at radius 3 is 0.655 bits per heavy atom. The SMILES string of the molecule is COCCCCO.COCCCCO.COCCCCO.COCCCCO.[Hf]. The zero-order chi connectivity index (χ0) is 22.1. The van der Waals surface area contributed by atoms with Crippen molar-refractivity contribution < 1.29 is 65.2 Å². The third kappa shape index (κ3) is 73.5. The van der Waals surface area contributed by atoms with Gasteiger partial charge in [-0.2, -0.15) is 0 Å². The Morgan fingerprint density at radius 2 is 0.552 bits per heavy atom. The molecule has 0 amide bonds. The van der Waals surface area contributed by atoms with Gasteiger partial charge >= 0.3 is 0 Å². The molecule has 4 N–H and O–H groups in total. The van der Waals surface area contributed by atoms with Gasteiger partial charge in [0.2, 0.25) is 0 Å². The molecular weight excluding hydrogens is 547 g/mol. The molecule has 0 atom stereocenters. The summed E-state index contributed by atoms with van der Waals surface area (Å²) in [5, 5.41) is 32.9. The van der Waals surface area contributed by atoms with Gasteiger partial charge in [0.05, 0.1) is 0 Å². The van der Waals surface area contributed by atoms with E-state index >= 15 is 0 Å². The molecule has 0 saturated heterocycles. The fourth-order valence-corrected chi connectivity index (χ4v) is 1.43. The molecule has 9 heteroatoms. The quantitative estimate of drug-likeness (QED) is 0.157. The molecule has 180 valence electrons. The van der Waals surface area contributed by atoms with E-state index in [1.54, 1.807) is 28.4 Å². The first kappa shape index (κ1) is 40.0. The molecule has 0 aromatic heterocycles. The van der Waals surface area contributed by atoms with E-state index in [-0.39, 0.29) is 52.3 Å². The minimum Gasteiger partial charge on any atom is -0.396 e. The van der Waals surface area contributed by atoms with E-state index in [9.17, 15) is 0 Å². The summed E-state index contributed by atoms with van der Waals surface area (Å²) in [6.07, 6.45) is 7.28. The number of hydrogen-bond donors (Lipinski definition) is 4. The van der Waals surface area contributed by atoms with Crippen molar-refractivity contribution in [3.05, 3.63) is 0 Å². The minimum absolute atomic E-state index is 0.